The maximum atomic E-state index is 13.8. The third kappa shape index (κ3) is 2.88. The van der Waals surface area contributed by atoms with Gasteiger partial charge in [0.2, 0.25) is 0 Å². The lowest BCUT2D eigenvalue weighted by Crippen LogP contribution is -2.06. The van der Waals surface area contributed by atoms with Crippen molar-refractivity contribution in [3.8, 4) is 0 Å². The molecular formula is C13H5Br2F5. The van der Waals surface area contributed by atoms with Gasteiger partial charge in [0.25, 0.3) is 0 Å². The molecule has 0 aromatic heterocycles. The molecule has 0 N–H and O–H groups in total. The Hall–Kier alpha value is -0.950. The first-order valence-corrected chi connectivity index (χ1v) is 6.95. The number of benzene rings is 2. The second kappa shape index (κ2) is 5.81. The summed E-state index contributed by atoms with van der Waals surface area (Å²) in [5.41, 5.74) is -1.22. The second-order valence-corrected chi connectivity index (χ2v) is 5.76. The third-order valence-corrected chi connectivity index (χ3v) is 3.97. The Morgan fingerprint density at radius 1 is 0.700 bits per heavy atom. The predicted octanol–water partition coefficient (Wildman–Crippen LogP) is 5.63. The lowest BCUT2D eigenvalue weighted by Gasteiger charge is -2.15. The summed E-state index contributed by atoms with van der Waals surface area (Å²) in [6, 6.07) is 2.82. The zero-order valence-corrected chi connectivity index (χ0v) is 12.7. The Labute approximate surface area is 127 Å². The highest BCUT2D eigenvalue weighted by atomic mass is 79.9. The third-order valence-electron chi connectivity index (χ3n) is 2.59. The van der Waals surface area contributed by atoms with Crippen LogP contribution in [0.3, 0.4) is 0 Å². The molecule has 20 heavy (non-hydrogen) atoms. The molecule has 0 aliphatic rings. The van der Waals surface area contributed by atoms with E-state index in [2.05, 4.69) is 31.9 Å². The van der Waals surface area contributed by atoms with E-state index in [0.29, 0.717) is 12.1 Å². The molecule has 7 heteroatoms. The summed E-state index contributed by atoms with van der Waals surface area (Å²) in [4.78, 5) is -1.42. The van der Waals surface area contributed by atoms with Gasteiger partial charge < -0.3 is 0 Å². The van der Waals surface area contributed by atoms with E-state index in [1.165, 1.54) is 0 Å². The molecule has 0 radical (unpaired) electrons. The number of rotatable bonds is 2. The van der Waals surface area contributed by atoms with Crippen LogP contribution in [0.5, 0.6) is 0 Å². The van der Waals surface area contributed by atoms with Crippen LogP contribution in [0.1, 0.15) is 16.0 Å². The van der Waals surface area contributed by atoms with Gasteiger partial charge in [-0.05, 0) is 12.1 Å². The molecule has 2 rings (SSSR count). The van der Waals surface area contributed by atoms with E-state index < -0.39 is 45.0 Å². The Morgan fingerprint density at radius 2 is 1.05 bits per heavy atom. The molecule has 0 heterocycles. The van der Waals surface area contributed by atoms with E-state index in [1.807, 2.05) is 0 Å². The minimum Gasteiger partial charge on any atom is -0.207 e. The summed E-state index contributed by atoms with van der Waals surface area (Å²) in [5, 5.41) is 0. The van der Waals surface area contributed by atoms with Crippen LogP contribution in [-0.4, -0.2) is 0 Å². The molecule has 0 bridgehead atoms. The second-order valence-electron chi connectivity index (χ2n) is 3.93. The van der Waals surface area contributed by atoms with Gasteiger partial charge in [0.05, 0.1) is 4.83 Å². The van der Waals surface area contributed by atoms with E-state index in [9.17, 15) is 22.0 Å². The van der Waals surface area contributed by atoms with Crippen LogP contribution in [0.15, 0.2) is 28.7 Å². The fraction of sp³-hybridized carbons (Fsp3) is 0.0769. The zero-order chi connectivity index (χ0) is 15.0. The van der Waals surface area contributed by atoms with Gasteiger partial charge in [-0.3, -0.25) is 0 Å². The summed E-state index contributed by atoms with van der Waals surface area (Å²) in [6.45, 7) is 0. The van der Waals surface area contributed by atoms with Crippen LogP contribution in [0, 0.1) is 29.1 Å². The summed E-state index contributed by atoms with van der Waals surface area (Å²) in [7, 11) is 0. The van der Waals surface area contributed by atoms with E-state index in [1.54, 1.807) is 0 Å². The highest BCUT2D eigenvalue weighted by molar-refractivity contribution is 9.10. The van der Waals surface area contributed by atoms with Gasteiger partial charge >= 0.3 is 0 Å². The van der Waals surface area contributed by atoms with Gasteiger partial charge in [-0.25, -0.2) is 22.0 Å². The maximum absolute atomic E-state index is 13.8. The van der Waals surface area contributed by atoms with Gasteiger partial charge in [-0.2, -0.15) is 0 Å². The molecule has 0 fully saturated rings. The van der Waals surface area contributed by atoms with Gasteiger partial charge in [0.15, 0.2) is 0 Å². The minimum absolute atomic E-state index is 0.149. The Morgan fingerprint density at radius 3 is 1.45 bits per heavy atom. The average Bonchev–Trinajstić information content (AvgIpc) is 2.25. The van der Waals surface area contributed by atoms with Crippen LogP contribution >= 0.6 is 31.9 Å². The maximum Gasteiger partial charge on any atom is 0.133 e. The molecule has 1 atom stereocenters. The molecule has 2 aromatic carbocycles. The van der Waals surface area contributed by atoms with E-state index in [4.69, 9.17) is 0 Å². The lowest BCUT2D eigenvalue weighted by atomic mass is 10.0. The number of hydrogen-bond acceptors (Lipinski definition) is 0. The van der Waals surface area contributed by atoms with Crippen molar-refractivity contribution in [2.75, 3.05) is 0 Å². The predicted molar refractivity (Wildman–Crippen MR) is 71.1 cm³/mol. The van der Waals surface area contributed by atoms with Crippen LogP contribution in [0.25, 0.3) is 0 Å². The topological polar surface area (TPSA) is 0 Å². The fourth-order valence-corrected chi connectivity index (χ4v) is 3.01. The molecule has 0 amide bonds. The van der Waals surface area contributed by atoms with Crippen molar-refractivity contribution in [3.05, 3.63) is 69.0 Å². The fourth-order valence-electron chi connectivity index (χ4n) is 1.74. The van der Waals surface area contributed by atoms with Gasteiger partial charge in [0, 0.05) is 27.7 Å². The molecule has 2 aromatic rings. The van der Waals surface area contributed by atoms with Crippen molar-refractivity contribution in [3.63, 3.8) is 0 Å². The van der Waals surface area contributed by atoms with E-state index >= 15 is 0 Å². The zero-order valence-electron chi connectivity index (χ0n) is 9.53. The molecule has 0 aliphatic carbocycles. The van der Waals surface area contributed by atoms with E-state index in [-0.39, 0.29) is 4.47 Å². The molecule has 0 nitrogen and oxygen atoms in total. The molecular weight excluding hydrogens is 411 g/mol. The van der Waals surface area contributed by atoms with Crippen molar-refractivity contribution >= 4 is 31.9 Å². The van der Waals surface area contributed by atoms with Crippen LogP contribution in [0.2, 0.25) is 0 Å². The van der Waals surface area contributed by atoms with Gasteiger partial charge in [-0.15, -0.1) is 0 Å². The Bertz CT molecular complexity index is 568. The average molecular weight is 416 g/mol. The first kappa shape index (κ1) is 15.4. The summed E-state index contributed by atoms with van der Waals surface area (Å²) in [5.74, 6) is -5.54. The summed E-state index contributed by atoms with van der Waals surface area (Å²) in [6.07, 6.45) is 0. The largest absolute Gasteiger partial charge is 0.207 e. The van der Waals surface area contributed by atoms with Gasteiger partial charge in [-0.1, -0.05) is 31.9 Å². The van der Waals surface area contributed by atoms with Crippen LogP contribution < -0.4 is 0 Å². The molecule has 106 valence electrons. The molecule has 0 aliphatic heterocycles. The van der Waals surface area contributed by atoms with Crippen LogP contribution in [-0.2, 0) is 0 Å². The highest BCUT2D eigenvalue weighted by Crippen LogP contribution is 2.38. The van der Waals surface area contributed by atoms with Crippen molar-refractivity contribution < 1.29 is 22.0 Å². The minimum atomic E-state index is -1.42. The Balaban J connectivity index is 2.61. The lowest BCUT2D eigenvalue weighted by molar-refractivity contribution is 0.518. The number of hydrogen-bond donors (Lipinski definition) is 0. The first-order chi connectivity index (χ1) is 9.31. The summed E-state index contributed by atoms with van der Waals surface area (Å²) >= 11 is 5.75. The summed E-state index contributed by atoms with van der Waals surface area (Å²) < 4.78 is 67.8. The molecule has 1 unspecified atom stereocenters. The molecule has 0 saturated heterocycles. The molecule has 0 spiro atoms. The quantitative estimate of drug-likeness (QED) is 0.440. The van der Waals surface area contributed by atoms with Crippen LogP contribution in [0.4, 0.5) is 22.0 Å². The van der Waals surface area contributed by atoms with Crippen molar-refractivity contribution in [2.45, 2.75) is 4.83 Å². The van der Waals surface area contributed by atoms with Crippen molar-refractivity contribution in [1.29, 1.82) is 0 Å². The number of halogens is 7. The number of alkyl halides is 1. The Kier molecular flexibility index (Phi) is 4.49. The normalized spacial score (nSPS) is 12.6. The monoisotopic (exact) mass is 414 g/mol. The highest BCUT2D eigenvalue weighted by Gasteiger charge is 2.26. The van der Waals surface area contributed by atoms with Crippen molar-refractivity contribution in [1.82, 2.24) is 0 Å². The van der Waals surface area contributed by atoms with E-state index in [0.717, 1.165) is 12.1 Å². The first-order valence-electron chi connectivity index (χ1n) is 5.24. The van der Waals surface area contributed by atoms with Crippen molar-refractivity contribution in [2.24, 2.45) is 0 Å². The molecule has 0 saturated carbocycles. The smallest absolute Gasteiger partial charge is 0.133 e. The SMILES string of the molecule is Fc1cc(F)c(C(Br)c2c(F)cc(Br)cc2F)c(F)c1. The standard InChI is InChI=1S/C13H5Br2F5/c14-5-1-7(17)11(8(18)2-5)13(15)12-9(19)3-6(16)4-10(12)20/h1-4,13H. The van der Waals surface area contributed by atoms with Gasteiger partial charge in [0.1, 0.15) is 29.1 Å².